The molecule has 65 heavy (non-hydrogen) atoms. The van der Waals surface area contributed by atoms with Gasteiger partial charge in [-0.05, 0) is 74.7 Å². The van der Waals surface area contributed by atoms with Gasteiger partial charge in [-0.2, -0.15) is 0 Å². The van der Waals surface area contributed by atoms with Crippen LogP contribution in [0.15, 0.2) is 77.5 Å². The predicted octanol–water partition coefficient (Wildman–Crippen LogP) is 15.9. The maximum atomic E-state index is 14.3. The van der Waals surface area contributed by atoms with Gasteiger partial charge in [-0.15, -0.1) is 34.0 Å². The summed E-state index contributed by atoms with van der Waals surface area (Å²) >= 11 is 4.81. The van der Waals surface area contributed by atoms with E-state index in [1.165, 1.54) is 102 Å². The first-order valence-corrected chi connectivity index (χ1v) is 26.5. The van der Waals surface area contributed by atoms with Gasteiger partial charge in [0.05, 0.1) is 40.5 Å². The van der Waals surface area contributed by atoms with Crippen molar-refractivity contribution in [2.45, 2.75) is 142 Å². The largest absolute Gasteiger partial charge is 0.493 e. The molecule has 0 bridgehead atoms. The number of thiophene rings is 3. The molecule has 2 aliphatic rings. The van der Waals surface area contributed by atoms with E-state index in [2.05, 4.69) is 62.2 Å². The van der Waals surface area contributed by atoms with Gasteiger partial charge >= 0.3 is 5.97 Å². The number of esters is 1. The van der Waals surface area contributed by atoms with Crippen LogP contribution < -0.4 is 19.1 Å². The second-order valence-electron chi connectivity index (χ2n) is 17.8. The molecule has 0 fully saturated rings. The summed E-state index contributed by atoms with van der Waals surface area (Å²) < 4.78 is 25.5. The molecule has 0 saturated heterocycles. The van der Waals surface area contributed by atoms with Gasteiger partial charge in [0.1, 0.15) is 23.9 Å². The number of hydrogen-bond donors (Lipinski definition) is 0. The van der Waals surface area contributed by atoms with Crippen molar-refractivity contribution >= 4 is 57.4 Å². The highest BCUT2D eigenvalue weighted by molar-refractivity contribution is 7.26. The number of non-ortho nitro benzene ring substituents is 1. The summed E-state index contributed by atoms with van der Waals surface area (Å²) in [5.74, 6) is 1.86. The first-order chi connectivity index (χ1) is 31.6. The van der Waals surface area contributed by atoms with Crippen LogP contribution in [-0.2, 0) is 10.2 Å². The molecule has 0 amide bonds. The number of fused-ring (bicyclic) bond motifs is 2. The van der Waals surface area contributed by atoms with E-state index in [1.54, 1.807) is 40.1 Å². The maximum Gasteiger partial charge on any atom is 0.339 e. The Hall–Kier alpha value is -4.65. The third-order valence-corrected chi connectivity index (χ3v) is 16.1. The molecule has 5 heterocycles. The third-order valence-electron chi connectivity index (χ3n) is 12.8. The summed E-state index contributed by atoms with van der Waals surface area (Å²) in [6.45, 7) is 10.6. The number of carbonyl (C=O) groups is 1. The van der Waals surface area contributed by atoms with Crippen LogP contribution >= 0.6 is 34.0 Å². The lowest BCUT2D eigenvalue weighted by Gasteiger charge is -2.47. The van der Waals surface area contributed by atoms with Gasteiger partial charge in [0.2, 0.25) is 5.72 Å². The molecule has 1 spiro atoms. The summed E-state index contributed by atoms with van der Waals surface area (Å²) in [4.78, 5) is 31.5. The minimum Gasteiger partial charge on any atom is -0.493 e. The molecule has 9 nitrogen and oxygen atoms in total. The molecule has 3 aromatic heterocycles. The van der Waals surface area contributed by atoms with E-state index < -0.39 is 22.0 Å². The monoisotopic (exact) mass is 938 g/mol. The Bertz CT molecular complexity index is 2360. The first kappa shape index (κ1) is 48.3. The van der Waals surface area contributed by atoms with Gasteiger partial charge in [-0.25, -0.2) is 4.79 Å². The Labute approximate surface area is 397 Å². The molecule has 1 unspecified atom stereocenters. The van der Waals surface area contributed by atoms with Crippen molar-refractivity contribution in [2.75, 3.05) is 31.3 Å². The number of carbonyl (C=O) groups excluding carboxylic acids is 1. The van der Waals surface area contributed by atoms with Crippen LogP contribution in [0.2, 0.25) is 0 Å². The number of anilines is 1. The summed E-state index contributed by atoms with van der Waals surface area (Å²) in [7, 11) is 0. The van der Waals surface area contributed by atoms with Crippen molar-refractivity contribution < 1.29 is 28.7 Å². The zero-order chi connectivity index (χ0) is 45.7. The van der Waals surface area contributed by atoms with Crippen LogP contribution in [-0.4, -0.2) is 43.0 Å². The number of para-hydroxylation sites is 1. The van der Waals surface area contributed by atoms with Crippen molar-refractivity contribution in [3.8, 4) is 36.8 Å². The highest BCUT2D eigenvalue weighted by Gasteiger charge is 2.58. The summed E-state index contributed by atoms with van der Waals surface area (Å²) in [6.07, 6.45) is 23.9. The predicted molar refractivity (Wildman–Crippen MR) is 270 cm³/mol. The molecule has 1 atom stereocenters. The Balaban J connectivity index is 1.05. The second-order valence-corrected chi connectivity index (χ2v) is 20.7. The molecule has 0 aliphatic carbocycles. The van der Waals surface area contributed by atoms with E-state index in [9.17, 15) is 14.9 Å². The van der Waals surface area contributed by atoms with Crippen molar-refractivity contribution in [1.29, 1.82) is 0 Å². The number of nitrogens with zero attached hydrogens (tertiary/aromatic N) is 2. The lowest BCUT2D eigenvalue weighted by Crippen LogP contribution is -2.60. The topological polar surface area (TPSA) is 100 Å². The molecular formula is C53H66N2O7S3. The summed E-state index contributed by atoms with van der Waals surface area (Å²) in [5.41, 5.74) is 1.77. The standard InChI is InChI=1S/C53H66N2O7S3/c1-5-7-9-11-13-15-17-21-30-59-41-34-47(63-37-41)48-36-43(50(65-48)49-35-42(38-64-49)60-31-22-18-16-14-12-10-8-6-2)51(56)61-32-29-54-45-24-20-19-23-44(45)52(3,4)53(54)28-27-39-33-40(55(57)58)25-26-46(39)62-53/h19-20,23-28,33-38H,5-18,21-22,29-32H2,1-4H3. The van der Waals surface area contributed by atoms with Crippen LogP contribution in [0.1, 0.15) is 152 Å². The number of benzene rings is 2. The van der Waals surface area contributed by atoms with Crippen LogP contribution in [0.4, 0.5) is 11.4 Å². The molecule has 2 aromatic carbocycles. The van der Waals surface area contributed by atoms with Gasteiger partial charge in [0.25, 0.3) is 5.69 Å². The average molecular weight is 939 g/mol. The van der Waals surface area contributed by atoms with Crippen LogP contribution in [0.3, 0.4) is 0 Å². The molecule has 7 rings (SSSR count). The van der Waals surface area contributed by atoms with Crippen molar-refractivity contribution in [3.63, 3.8) is 0 Å². The first-order valence-electron chi connectivity index (χ1n) is 23.9. The van der Waals surface area contributed by atoms with Gasteiger partial charge < -0.3 is 23.8 Å². The molecular weight excluding hydrogens is 873 g/mol. The zero-order valence-corrected chi connectivity index (χ0v) is 41.2. The number of rotatable bonds is 27. The SMILES string of the molecule is CCCCCCCCCCOc1csc(-c2cc(C(=O)OCCN3c4ccccc4C(C)(C)C34C=Cc3cc([N+](=O)[O-])ccc3O4)c(-c3cc(OCCCCCCCCCC)cs3)s2)c1. The van der Waals surface area contributed by atoms with Gasteiger partial charge in [-0.1, -0.05) is 122 Å². The van der Waals surface area contributed by atoms with Crippen molar-refractivity contribution in [2.24, 2.45) is 0 Å². The fraction of sp³-hybridized carbons (Fsp3) is 0.491. The quantitative estimate of drug-likeness (QED) is 0.0222. The van der Waals surface area contributed by atoms with E-state index >= 15 is 0 Å². The lowest BCUT2D eigenvalue weighted by molar-refractivity contribution is -0.384. The molecule has 0 radical (unpaired) electrons. The molecule has 2 aliphatic heterocycles. The van der Waals surface area contributed by atoms with E-state index in [0.29, 0.717) is 36.6 Å². The molecule has 5 aromatic rings. The molecule has 12 heteroatoms. The average Bonchev–Trinajstić information content (AvgIpc) is 4.12. The summed E-state index contributed by atoms with van der Waals surface area (Å²) in [6, 6.07) is 19.0. The van der Waals surface area contributed by atoms with E-state index in [4.69, 9.17) is 18.9 Å². The normalized spacial score (nSPS) is 15.8. The molecule has 348 valence electrons. The minimum atomic E-state index is -0.970. The zero-order valence-electron chi connectivity index (χ0n) is 38.7. The minimum absolute atomic E-state index is 0.00804. The fourth-order valence-corrected chi connectivity index (χ4v) is 12.1. The Morgan fingerprint density at radius 1 is 0.723 bits per heavy atom. The number of nitro groups is 1. The van der Waals surface area contributed by atoms with Crippen LogP contribution in [0.5, 0.6) is 17.2 Å². The van der Waals surface area contributed by atoms with E-state index in [0.717, 1.165) is 55.1 Å². The lowest BCUT2D eigenvalue weighted by atomic mass is 9.76. The Morgan fingerprint density at radius 2 is 1.32 bits per heavy atom. The maximum absolute atomic E-state index is 14.3. The highest BCUT2D eigenvalue weighted by atomic mass is 32.1. The van der Waals surface area contributed by atoms with Crippen LogP contribution in [0.25, 0.3) is 25.6 Å². The van der Waals surface area contributed by atoms with E-state index in [-0.39, 0.29) is 12.3 Å². The number of ether oxygens (including phenoxy) is 4. The van der Waals surface area contributed by atoms with E-state index in [1.807, 2.05) is 35.7 Å². The number of nitro benzene ring substituents is 1. The molecule has 0 saturated carbocycles. The smallest absolute Gasteiger partial charge is 0.339 e. The fourth-order valence-electron chi connectivity index (χ4n) is 9.04. The second kappa shape index (κ2) is 23.2. The number of unbranched alkanes of at least 4 members (excludes halogenated alkanes) is 14. The Kier molecular flexibility index (Phi) is 17.2. The molecule has 0 N–H and O–H groups in total. The van der Waals surface area contributed by atoms with Crippen molar-refractivity contribution in [3.05, 3.63) is 104 Å². The highest BCUT2D eigenvalue weighted by Crippen LogP contribution is 2.55. The van der Waals surface area contributed by atoms with Gasteiger partial charge in [0, 0.05) is 48.8 Å². The van der Waals surface area contributed by atoms with Crippen molar-refractivity contribution in [1.82, 2.24) is 0 Å². The third kappa shape index (κ3) is 11.7. The Morgan fingerprint density at radius 3 is 1.97 bits per heavy atom. The van der Waals surface area contributed by atoms with Crippen LogP contribution in [0, 0.1) is 10.1 Å². The van der Waals surface area contributed by atoms with Gasteiger partial charge in [-0.3, -0.25) is 10.1 Å². The summed E-state index contributed by atoms with van der Waals surface area (Å²) in [5, 5.41) is 15.7. The van der Waals surface area contributed by atoms with Gasteiger partial charge in [0.15, 0.2) is 0 Å². The number of hydrogen-bond acceptors (Lipinski definition) is 11.